The lowest BCUT2D eigenvalue weighted by atomic mass is 10.1. The monoisotopic (exact) mass is 329 g/mol. The SMILES string of the molecule is CN(C)c1ccc(Br)c2cc(S(=O)(=O)O)ccc12. The van der Waals surface area contributed by atoms with E-state index in [9.17, 15) is 8.42 Å². The van der Waals surface area contributed by atoms with Gasteiger partial charge in [0, 0.05) is 29.6 Å². The molecule has 0 aliphatic carbocycles. The van der Waals surface area contributed by atoms with Crippen molar-refractivity contribution in [3.63, 3.8) is 0 Å². The van der Waals surface area contributed by atoms with Crippen LogP contribution in [0.3, 0.4) is 0 Å². The van der Waals surface area contributed by atoms with E-state index in [0.717, 1.165) is 20.9 Å². The highest BCUT2D eigenvalue weighted by Gasteiger charge is 2.13. The summed E-state index contributed by atoms with van der Waals surface area (Å²) in [5, 5.41) is 1.66. The van der Waals surface area contributed by atoms with E-state index in [1.165, 1.54) is 12.1 Å². The molecule has 0 unspecified atom stereocenters. The molecule has 4 nitrogen and oxygen atoms in total. The van der Waals surface area contributed by atoms with E-state index >= 15 is 0 Å². The Morgan fingerprint density at radius 2 is 1.78 bits per heavy atom. The van der Waals surface area contributed by atoms with Crippen LogP contribution >= 0.6 is 15.9 Å². The van der Waals surface area contributed by atoms with Crippen molar-refractivity contribution in [3.8, 4) is 0 Å². The van der Waals surface area contributed by atoms with Gasteiger partial charge in [0.2, 0.25) is 0 Å². The van der Waals surface area contributed by atoms with Gasteiger partial charge in [-0.3, -0.25) is 4.55 Å². The smallest absolute Gasteiger partial charge is 0.294 e. The highest BCUT2D eigenvalue weighted by atomic mass is 79.9. The normalized spacial score (nSPS) is 11.8. The molecule has 0 aliphatic heterocycles. The van der Waals surface area contributed by atoms with Gasteiger partial charge in [-0.05, 0) is 29.7 Å². The van der Waals surface area contributed by atoms with Gasteiger partial charge in [0.15, 0.2) is 0 Å². The molecule has 2 rings (SSSR count). The van der Waals surface area contributed by atoms with Gasteiger partial charge in [-0.2, -0.15) is 8.42 Å². The van der Waals surface area contributed by atoms with Crippen LogP contribution in [0.4, 0.5) is 5.69 Å². The topological polar surface area (TPSA) is 57.6 Å². The molecule has 2 aromatic rings. The van der Waals surface area contributed by atoms with Crippen LogP contribution in [0.25, 0.3) is 10.8 Å². The Morgan fingerprint density at radius 3 is 2.33 bits per heavy atom. The maximum atomic E-state index is 11.1. The highest BCUT2D eigenvalue weighted by molar-refractivity contribution is 9.10. The van der Waals surface area contributed by atoms with Crippen LogP contribution in [0.1, 0.15) is 0 Å². The van der Waals surface area contributed by atoms with Gasteiger partial charge in [-0.1, -0.05) is 22.0 Å². The molecule has 0 bridgehead atoms. The fourth-order valence-electron chi connectivity index (χ4n) is 1.83. The van der Waals surface area contributed by atoms with Crippen LogP contribution in [-0.4, -0.2) is 27.1 Å². The number of hydrogen-bond acceptors (Lipinski definition) is 3. The van der Waals surface area contributed by atoms with E-state index in [0.29, 0.717) is 0 Å². The minimum absolute atomic E-state index is 0.105. The van der Waals surface area contributed by atoms with Crippen molar-refractivity contribution in [1.29, 1.82) is 0 Å². The molecule has 18 heavy (non-hydrogen) atoms. The third-order valence-corrected chi connectivity index (χ3v) is 4.23. The molecular weight excluding hydrogens is 318 g/mol. The van der Waals surface area contributed by atoms with Gasteiger partial charge >= 0.3 is 0 Å². The number of halogens is 1. The Bertz CT molecular complexity index is 711. The summed E-state index contributed by atoms with van der Waals surface area (Å²) in [7, 11) is -0.346. The lowest BCUT2D eigenvalue weighted by Crippen LogP contribution is -2.09. The second kappa shape index (κ2) is 4.53. The molecule has 0 aromatic heterocycles. The quantitative estimate of drug-likeness (QED) is 0.860. The third-order valence-electron chi connectivity index (χ3n) is 2.69. The molecule has 2 aromatic carbocycles. The summed E-state index contributed by atoms with van der Waals surface area (Å²) in [6.45, 7) is 0. The molecule has 0 atom stereocenters. The number of anilines is 1. The first-order valence-corrected chi connectivity index (χ1v) is 7.41. The predicted molar refractivity (Wildman–Crippen MR) is 75.8 cm³/mol. The summed E-state index contributed by atoms with van der Waals surface area (Å²) < 4.78 is 32.1. The van der Waals surface area contributed by atoms with Crippen molar-refractivity contribution in [2.45, 2.75) is 4.90 Å². The number of fused-ring (bicyclic) bond motifs is 1. The van der Waals surface area contributed by atoms with Gasteiger partial charge < -0.3 is 4.90 Å². The first-order valence-electron chi connectivity index (χ1n) is 5.18. The van der Waals surface area contributed by atoms with Gasteiger partial charge in [0.1, 0.15) is 0 Å². The highest BCUT2D eigenvalue weighted by Crippen LogP contribution is 2.33. The molecule has 1 N–H and O–H groups in total. The minimum atomic E-state index is -4.18. The van der Waals surface area contributed by atoms with Crippen molar-refractivity contribution in [3.05, 3.63) is 34.8 Å². The van der Waals surface area contributed by atoms with Gasteiger partial charge in [0.05, 0.1) is 4.90 Å². The Hall–Kier alpha value is -1.11. The Kier molecular flexibility index (Phi) is 3.35. The van der Waals surface area contributed by atoms with E-state index in [4.69, 9.17) is 4.55 Å². The van der Waals surface area contributed by atoms with Gasteiger partial charge in [-0.15, -0.1) is 0 Å². The predicted octanol–water partition coefficient (Wildman–Crippen LogP) is 2.92. The first-order chi connectivity index (χ1) is 8.30. The minimum Gasteiger partial charge on any atom is -0.377 e. The molecule has 0 saturated heterocycles. The summed E-state index contributed by atoms with van der Waals surface area (Å²) >= 11 is 3.39. The fraction of sp³-hybridized carbons (Fsp3) is 0.167. The van der Waals surface area contributed by atoms with E-state index in [1.54, 1.807) is 6.07 Å². The second-order valence-corrected chi connectivity index (χ2v) is 6.42. The van der Waals surface area contributed by atoms with Gasteiger partial charge in [-0.25, -0.2) is 0 Å². The summed E-state index contributed by atoms with van der Waals surface area (Å²) in [5.74, 6) is 0. The average Bonchev–Trinajstić information content (AvgIpc) is 2.27. The van der Waals surface area contributed by atoms with Crippen LogP contribution in [0.2, 0.25) is 0 Å². The standard InChI is InChI=1S/C12H12BrNO3S/c1-14(2)12-6-5-11(13)10-7-8(18(15,16)17)3-4-9(10)12/h3-7H,1-2H3,(H,15,16,17). The van der Waals surface area contributed by atoms with Crippen LogP contribution in [0.15, 0.2) is 39.7 Å². The number of rotatable bonds is 2. The average molecular weight is 330 g/mol. The van der Waals surface area contributed by atoms with Crippen LogP contribution in [-0.2, 0) is 10.1 Å². The van der Waals surface area contributed by atoms with Crippen molar-refractivity contribution < 1.29 is 13.0 Å². The zero-order valence-electron chi connectivity index (χ0n) is 9.88. The summed E-state index contributed by atoms with van der Waals surface area (Å²) in [5.41, 5.74) is 0.982. The Balaban J connectivity index is 2.83. The molecular formula is C12H12BrNO3S. The summed E-state index contributed by atoms with van der Waals surface area (Å²) in [4.78, 5) is 1.84. The molecule has 0 spiro atoms. The van der Waals surface area contributed by atoms with E-state index in [1.807, 2.05) is 31.1 Å². The third kappa shape index (κ3) is 2.36. The Morgan fingerprint density at radius 1 is 1.11 bits per heavy atom. The number of benzene rings is 2. The largest absolute Gasteiger partial charge is 0.377 e. The van der Waals surface area contributed by atoms with Crippen LogP contribution in [0.5, 0.6) is 0 Å². The maximum absolute atomic E-state index is 11.1. The van der Waals surface area contributed by atoms with Crippen molar-refractivity contribution in [2.75, 3.05) is 19.0 Å². The van der Waals surface area contributed by atoms with Crippen LogP contribution < -0.4 is 4.90 Å². The van der Waals surface area contributed by atoms with Crippen molar-refractivity contribution >= 4 is 42.5 Å². The lowest BCUT2D eigenvalue weighted by Gasteiger charge is -2.16. The molecule has 0 aliphatic rings. The van der Waals surface area contributed by atoms with Crippen LogP contribution in [0, 0.1) is 0 Å². The van der Waals surface area contributed by atoms with Crippen molar-refractivity contribution in [1.82, 2.24) is 0 Å². The lowest BCUT2D eigenvalue weighted by molar-refractivity contribution is 0.483. The molecule has 0 heterocycles. The number of nitrogens with zero attached hydrogens (tertiary/aromatic N) is 1. The number of hydrogen-bond donors (Lipinski definition) is 1. The molecule has 0 fully saturated rings. The fourth-order valence-corrected chi connectivity index (χ4v) is 2.79. The summed E-state index contributed by atoms with van der Waals surface area (Å²) in [6.07, 6.45) is 0. The summed E-state index contributed by atoms with van der Waals surface area (Å²) in [6, 6.07) is 8.35. The molecule has 6 heteroatoms. The molecule has 0 amide bonds. The zero-order valence-corrected chi connectivity index (χ0v) is 12.3. The van der Waals surface area contributed by atoms with Gasteiger partial charge in [0.25, 0.3) is 10.1 Å². The second-order valence-electron chi connectivity index (χ2n) is 4.14. The molecule has 0 saturated carbocycles. The zero-order chi connectivity index (χ0) is 13.5. The first kappa shape index (κ1) is 13.3. The Labute approximate surface area is 114 Å². The molecule has 0 radical (unpaired) electrons. The molecule has 96 valence electrons. The van der Waals surface area contributed by atoms with E-state index < -0.39 is 10.1 Å². The maximum Gasteiger partial charge on any atom is 0.294 e. The van der Waals surface area contributed by atoms with Crippen molar-refractivity contribution in [2.24, 2.45) is 0 Å². The van der Waals surface area contributed by atoms with E-state index in [-0.39, 0.29) is 4.90 Å². The van der Waals surface area contributed by atoms with E-state index in [2.05, 4.69) is 15.9 Å².